The van der Waals surface area contributed by atoms with Crippen LogP contribution >= 0.6 is 0 Å². The molecule has 1 aliphatic rings. The van der Waals surface area contributed by atoms with E-state index in [4.69, 9.17) is 5.10 Å². The van der Waals surface area contributed by atoms with Crippen LogP contribution in [0.1, 0.15) is 56.2 Å². The topological polar surface area (TPSA) is 58.3 Å². The second-order valence-corrected chi connectivity index (χ2v) is 7.38. The van der Waals surface area contributed by atoms with Crippen LogP contribution in [-0.2, 0) is 6.42 Å². The van der Waals surface area contributed by atoms with Crippen LogP contribution < -0.4 is 0 Å². The van der Waals surface area contributed by atoms with Gasteiger partial charge in [0.2, 0.25) is 0 Å². The van der Waals surface area contributed by atoms with Crippen molar-refractivity contribution in [2.24, 2.45) is 0 Å². The molecule has 0 aliphatic heterocycles. The summed E-state index contributed by atoms with van der Waals surface area (Å²) in [6, 6.07) is 14.5. The molecule has 4 rings (SSSR count). The van der Waals surface area contributed by atoms with Gasteiger partial charge in [-0.1, -0.05) is 26.2 Å². The van der Waals surface area contributed by atoms with E-state index in [2.05, 4.69) is 6.92 Å². The third-order valence-corrected chi connectivity index (χ3v) is 5.60. The Kier molecular flexibility index (Phi) is 4.88. The molecule has 140 valence electrons. The average molecular weight is 362 g/mol. The maximum Gasteiger partial charge on any atom is 0.115 e. The summed E-state index contributed by atoms with van der Waals surface area (Å²) in [5, 5.41) is 24.5. The lowest BCUT2D eigenvalue weighted by molar-refractivity contribution is 0.433. The first-order valence-corrected chi connectivity index (χ1v) is 9.88. The molecule has 0 radical (unpaired) electrons. The highest BCUT2D eigenvalue weighted by atomic mass is 16.3. The Morgan fingerprint density at radius 3 is 2.07 bits per heavy atom. The monoisotopic (exact) mass is 362 g/mol. The van der Waals surface area contributed by atoms with E-state index in [1.165, 1.54) is 43.4 Å². The molecular formula is C23H26N2O2. The van der Waals surface area contributed by atoms with E-state index in [1.54, 1.807) is 24.3 Å². The van der Waals surface area contributed by atoms with E-state index in [0.29, 0.717) is 5.92 Å². The van der Waals surface area contributed by atoms with E-state index in [-0.39, 0.29) is 11.5 Å². The zero-order valence-electron chi connectivity index (χ0n) is 15.7. The normalized spacial score (nSPS) is 15.1. The number of phenols is 2. The number of hydrogen-bond acceptors (Lipinski definition) is 3. The van der Waals surface area contributed by atoms with Crippen LogP contribution in [0.3, 0.4) is 0 Å². The summed E-state index contributed by atoms with van der Waals surface area (Å²) in [5.41, 5.74) is 5.58. The van der Waals surface area contributed by atoms with Crippen LogP contribution in [-0.4, -0.2) is 20.0 Å². The fourth-order valence-electron chi connectivity index (χ4n) is 4.22. The van der Waals surface area contributed by atoms with Crippen LogP contribution in [0.25, 0.3) is 16.9 Å². The van der Waals surface area contributed by atoms with Crippen molar-refractivity contribution in [1.82, 2.24) is 9.78 Å². The van der Waals surface area contributed by atoms with Gasteiger partial charge in [0.1, 0.15) is 11.5 Å². The molecule has 0 bridgehead atoms. The highest BCUT2D eigenvalue weighted by Crippen LogP contribution is 2.39. The molecule has 0 atom stereocenters. The molecule has 3 aromatic rings. The molecular weight excluding hydrogens is 336 g/mol. The van der Waals surface area contributed by atoms with Crippen molar-refractivity contribution in [2.75, 3.05) is 0 Å². The van der Waals surface area contributed by atoms with Gasteiger partial charge in [0.15, 0.2) is 0 Å². The summed E-state index contributed by atoms with van der Waals surface area (Å²) in [6.07, 6.45) is 7.19. The SMILES string of the molecule is CCc1c(C2CCCCC2)nn(-c2ccc(O)cc2)c1-c1ccc(O)cc1. The van der Waals surface area contributed by atoms with Crippen molar-refractivity contribution in [2.45, 2.75) is 51.4 Å². The van der Waals surface area contributed by atoms with E-state index in [1.807, 2.05) is 28.9 Å². The quantitative estimate of drug-likeness (QED) is 0.639. The number of benzene rings is 2. The summed E-state index contributed by atoms with van der Waals surface area (Å²) in [4.78, 5) is 0. The molecule has 4 nitrogen and oxygen atoms in total. The minimum absolute atomic E-state index is 0.250. The van der Waals surface area contributed by atoms with Gasteiger partial charge >= 0.3 is 0 Å². The first-order valence-electron chi connectivity index (χ1n) is 9.88. The van der Waals surface area contributed by atoms with Crippen molar-refractivity contribution in [3.8, 4) is 28.4 Å². The molecule has 1 fully saturated rings. The first kappa shape index (κ1) is 17.7. The molecule has 2 aromatic carbocycles. The zero-order chi connectivity index (χ0) is 18.8. The van der Waals surface area contributed by atoms with Gasteiger partial charge in [-0.25, -0.2) is 4.68 Å². The average Bonchev–Trinajstić information content (AvgIpc) is 3.09. The van der Waals surface area contributed by atoms with Crippen molar-refractivity contribution < 1.29 is 10.2 Å². The predicted octanol–water partition coefficient (Wildman–Crippen LogP) is 5.56. The van der Waals surface area contributed by atoms with Gasteiger partial charge in [-0.05, 0) is 67.8 Å². The molecule has 0 unspecified atom stereocenters. The molecule has 4 heteroatoms. The third-order valence-electron chi connectivity index (χ3n) is 5.60. The lowest BCUT2D eigenvalue weighted by Crippen LogP contribution is -2.07. The lowest BCUT2D eigenvalue weighted by Gasteiger charge is -2.20. The third kappa shape index (κ3) is 3.44. The van der Waals surface area contributed by atoms with Gasteiger partial charge in [0.25, 0.3) is 0 Å². The number of aromatic hydroxyl groups is 2. The fraction of sp³-hybridized carbons (Fsp3) is 0.348. The van der Waals surface area contributed by atoms with Crippen LogP contribution in [0.15, 0.2) is 48.5 Å². The molecule has 0 amide bonds. The maximum atomic E-state index is 9.71. The van der Waals surface area contributed by atoms with E-state index in [9.17, 15) is 10.2 Å². The molecule has 0 saturated heterocycles. The molecule has 2 N–H and O–H groups in total. The summed E-state index contributed by atoms with van der Waals surface area (Å²) < 4.78 is 2.01. The largest absolute Gasteiger partial charge is 0.508 e. The van der Waals surface area contributed by atoms with Gasteiger partial charge in [-0.2, -0.15) is 5.10 Å². The summed E-state index contributed by atoms with van der Waals surface area (Å²) >= 11 is 0. The highest BCUT2D eigenvalue weighted by molar-refractivity contribution is 5.68. The summed E-state index contributed by atoms with van der Waals surface area (Å²) in [5.74, 6) is 1.03. The van der Waals surface area contributed by atoms with Crippen LogP contribution in [0.4, 0.5) is 0 Å². The molecule has 1 aliphatic carbocycles. The summed E-state index contributed by atoms with van der Waals surface area (Å²) in [7, 11) is 0. The second-order valence-electron chi connectivity index (χ2n) is 7.38. The minimum Gasteiger partial charge on any atom is -0.508 e. The van der Waals surface area contributed by atoms with Gasteiger partial charge in [-0.15, -0.1) is 0 Å². The molecule has 0 spiro atoms. The lowest BCUT2D eigenvalue weighted by atomic mass is 9.84. The van der Waals surface area contributed by atoms with Crippen molar-refractivity contribution in [3.63, 3.8) is 0 Å². The zero-order valence-corrected chi connectivity index (χ0v) is 15.7. The maximum absolute atomic E-state index is 9.71. The molecule has 1 heterocycles. The van der Waals surface area contributed by atoms with Gasteiger partial charge in [0, 0.05) is 17.0 Å². The van der Waals surface area contributed by atoms with E-state index < -0.39 is 0 Å². The van der Waals surface area contributed by atoms with Crippen LogP contribution in [0, 0.1) is 0 Å². The van der Waals surface area contributed by atoms with E-state index >= 15 is 0 Å². The fourth-order valence-corrected chi connectivity index (χ4v) is 4.22. The van der Waals surface area contributed by atoms with Gasteiger partial charge in [-0.3, -0.25) is 0 Å². The summed E-state index contributed by atoms with van der Waals surface area (Å²) in [6.45, 7) is 2.19. The Labute approximate surface area is 160 Å². The molecule has 27 heavy (non-hydrogen) atoms. The van der Waals surface area contributed by atoms with Crippen molar-refractivity contribution in [1.29, 1.82) is 0 Å². The van der Waals surface area contributed by atoms with Crippen molar-refractivity contribution in [3.05, 3.63) is 59.8 Å². The van der Waals surface area contributed by atoms with Crippen molar-refractivity contribution >= 4 is 0 Å². The van der Waals surface area contributed by atoms with Crippen LogP contribution in [0.2, 0.25) is 0 Å². The number of phenolic OH excluding ortho intramolecular Hbond substituents is 2. The standard InChI is InChI=1S/C23H26N2O2/c1-2-21-22(16-6-4-3-5-7-16)24-25(18-10-14-20(27)15-11-18)23(21)17-8-12-19(26)13-9-17/h8-16,26-27H,2-7H2,1H3. The second kappa shape index (κ2) is 7.47. The van der Waals surface area contributed by atoms with Gasteiger partial charge in [0.05, 0.1) is 17.1 Å². The Morgan fingerprint density at radius 2 is 1.48 bits per heavy atom. The smallest absolute Gasteiger partial charge is 0.115 e. The molecule has 1 saturated carbocycles. The Bertz CT molecular complexity index is 905. The number of rotatable bonds is 4. The Balaban J connectivity index is 1.90. The van der Waals surface area contributed by atoms with Gasteiger partial charge < -0.3 is 10.2 Å². The number of nitrogens with zero attached hydrogens (tertiary/aromatic N) is 2. The van der Waals surface area contributed by atoms with Crippen LogP contribution in [0.5, 0.6) is 11.5 Å². The Morgan fingerprint density at radius 1 is 0.889 bits per heavy atom. The number of aromatic nitrogens is 2. The Hall–Kier alpha value is -2.75. The highest BCUT2D eigenvalue weighted by Gasteiger charge is 2.26. The predicted molar refractivity (Wildman–Crippen MR) is 108 cm³/mol. The van der Waals surface area contributed by atoms with E-state index in [0.717, 1.165) is 23.4 Å². The minimum atomic E-state index is 0.250. The molecule has 1 aromatic heterocycles. The first-order chi connectivity index (χ1) is 13.2. The number of hydrogen-bond donors (Lipinski definition) is 2.